The topological polar surface area (TPSA) is 110 Å². The van der Waals surface area contributed by atoms with E-state index in [1.165, 1.54) is 12.3 Å². The third kappa shape index (κ3) is 6.80. The van der Waals surface area contributed by atoms with Gasteiger partial charge in [0.05, 0.1) is 37.4 Å². The highest BCUT2D eigenvalue weighted by Gasteiger charge is 2.49. The van der Waals surface area contributed by atoms with Crippen molar-refractivity contribution in [2.75, 3.05) is 59.2 Å². The van der Waals surface area contributed by atoms with Gasteiger partial charge < -0.3 is 18.7 Å². The molecule has 2 aromatic heterocycles. The van der Waals surface area contributed by atoms with E-state index in [-0.39, 0.29) is 71.3 Å². The number of alkyl halides is 1. The van der Waals surface area contributed by atoms with Gasteiger partial charge in [0.1, 0.15) is 47.1 Å². The van der Waals surface area contributed by atoms with Crippen molar-refractivity contribution in [3.05, 3.63) is 53.2 Å². The Morgan fingerprint density at radius 3 is 2.69 bits per heavy atom. The van der Waals surface area contributed by atoms with Gasteiger partial charge in [0.2, 0.25) is 5.91 Å². The maximum Gasteiger partial charge on any atom is 0.434 e. The monoisotopic (exact) mass is 759 g/mol. The predicted molar refractivity (Wildman–Crippen MR) is 192 cm³/mol. The number of amides is 1. The maximum atomic E-state index is 16.8. The zero-order chi connectivity index (χ0) is 36.8. The molecule has 5 heterocycles. The van der Waals surface area contributed by atoms with E-state index in [0.29, 0.717) is 36.7 Å². The van der Waals surface area contributed by atoms with Crippen LogP contribution in [0.2, 0.25) is 5.02 Å². The molecule has 16 heteroatoms. The highest BCUT2D eigenvalue weighted by Crippen LogP contribution is 2.48. The number of likely N-dealkylation sites (tertiary alicyclic amines) is 1. The molecule has 3 aliphatic rings. The van der Waals surface area contributed by atoms with Crippen LogP contribution >= 0.6 is 19.2 Å². The van der Waals surface area contributed by atoms with E-state index < -0.39 is 37.1 Å². The number of aromatic nitrogens is 3. The van der Waals surface area contributed by atoms with Gasteiger partial charge >= 0.3 is 19.4 Å². The molecular weight excluding hydrogens is 720 g/mol. The molecule has 52 heavy (non-hydrogen) atoms. The first-order chi connectivity index (χ1) is 25.0. The quantitative estimate of drug-likeness (QED) is 0.119. The second-order valence-electron chi connectivity index (χ2n) is 13.4. The van der Waals surface area contributed by atoms with Crippen LogP contribution in [-0.2, 0) is 18.4 Å². The first-order valence-electron chi connectivity index (χ1n) is 17.5. The SMILES string of the molecule is CCOP(=O)(CC(=O)N1CCC(=[N+](C)c2nc(OC[C@@]34CCCN3C[C@H](F)C4)nc3c(F)c(-c4cccc5ccc(F)c(Cl)c45)ncc23)C1)OCC. The van der Waals surface area contributed by atoms with Crippen molar-refractivity contribution in [3.8, 4) is 17.3 Å². The van der Waals surface area contributed by atoms with E-state index in [1.807, 2.05) is 0 Å². The van der Waals surface area contributed by atoms with Crippen molar-refractivity contribution < 1.29 is 40.9 Å². The van der Waals surface area contributed by atoms with E-state index in [2.05, 4.69) is 14.9 Å². The summed E-state index contributed by atoms with van der Waals surface area (Å²) in [5.74, 6) is -1.52. The van der Waals surface area contributed by atoms with Crippen molar-refractivity contribution >= 4 is 58.3 Å². The molecule has 0 N–H and O–H groups in total. The molecule has 11 nitrogen and oxygen atoms in total. The number of ether oxygens (including phenoxy) is 1. The second-order valence-corrected chi connectivity index (χ2v) is 15.9. The van der Waals surface area contributed by atoms with Crippen LogP contribution in [-0.4, -0.2) is 112 Å². The van der Waals surface area contributed by atoms with Gasteiger partial charge in [-0.25, -0.2) is 17.7 Å². The molecule has 2 atom stereocenters. The summed E-state index contributed by atoms with van der Waals surface area (Å²) in [5.41, 5.74) is 0.392. The van der Waals surface area contributed by atoms with Gasteiger partial charge in [-0.2, -0.15) is 4.98 Å². The maximum absolute atomic E-state index is 16.8. The summed E-state index contributed by atoms with van der Waals surface area (Å²) < 4.78 is 77.8. The molecule has 2 aromatic carbocycles. The molecule has 3 saturated heterocycles. The summed E-state index contributed by atoms with van der Waals surface area (Å²) in [6.07, 6.45) is 2.56. The molecule has 0 saturated carbocycles. The van der Waals surface area contributed by atoms with Gasteiger partial charge in [-0.1, -0.05) is 35.9 Å². The van der Waals surface area contributed by atoms with Crippen molar-refractivity contribution in [1.29, 1.82) is 0 Å². The Bertz CT molecular complexity index is 2130. The summed E-state index contributed by atoms with van der Waals surface area (Å²) >= 11 is 6.41. The fourth-order valence-electron chi connectivity index (χ4n) is 7.75. The van der Waals surface area contributed by atoms with E-state index in [9.17, 15) is 18.1 Å². The Morgan fingerprint density at radius 1 is 1.13 bits per heavy atom. The third-order valence-corrected chi connectivity index (χ3v) is 12.6. The fraction of sp³-hybridized carbons (Fsp3) is 0.472. The van der Waals surface area contributed by atoms with Gasteiger partial charge in [-0.15, -0.1) is 0 Å². The first-order valence-corrected chi connectivity index (χ1v) is 19.6. The zero-order valence-electron chi connectivity index (χ0n) is 29.2. The standard InChI is InChI=1S/C36H40ClF3N6O5P/c1-4-50-52(48,51-5-2)20-28(47)45-15-12-24(19-45)44(3)34-26-17-41-32(25-9-6-8-22-10-11-27(39)30(37)29(22)25)31(40)33(26)42-35(43-34)49-21-36-13-7-14-46(36)18-23(38)16-36/h6,8-11,17,23H,4-5,7,12-16,18-21H2,1-3H3/q+1/t23-,36+/m1/s1. The lowest BCUT2D eigenvalue weighted by molar-refractivity contribution is -0.409. The van der Waals surface area contributed by atoms with Crippen molar-refractivity contribution in [2.24, 2.45) is 0 Å². The number of carbonyl (C=O) groups excluding carboxylic acids is 1. The average molecular weight is 760 g/mol. The minimum atomic E-state index is -3.61. The normalized spacial score (nSPS) is 21.8. The van der Waals surface area contributed by atoms with E-state index in [1.54, 1.807) is 54.6 Å². The Balaban J connectivity index is 1.29. The molecule has 3 aliphatic heterocycles. The van der Waals surface area contributed by atoms with Crippen LogP contribution in [0, 0.1) is 11.6 Å². The number of benzene rings is 2. The molecule has 1 amide bonds. The van der Waals surface area contributed by atoms with E-state index in [0.717, 1.165) is 25.1 Å². The highest BCUT2D eigenvalue weighted by atomic mass is 35.5. The molecule has 0 aliphatic carbocycles. The number of hydrogen-bond donors (Lipinski definition) is 0. The predicted octanol–water partition coefficient (Wildman–Crippen LogP) is 6.95. The Morgan fingerprint density at radius 2 is 1.92 bits per heavy atom. The summed E-state index contributed by atoms with van der Waals surface area (Å²) in [6, 6.07) is 7.80. The summed E-state index contributed by atoms with van der Waals surface area (Å²) in [4.78, 5) is 30.7. The lowest BCUT2D eigenvalue weighted by Crippen LogP contribution is -2.43. The second kappa shape index (κ2) is 14.6. The molecular formula is C36H40ClF3N6O5P+. The molecule has 3 fully saturated rings. The molecule has 0 spiro atoms. The van der Waals surface area contributed by atoms with Crippen LogP contribution in [0.4, 0.5) is 19.0 Å². The summed E-state index contributed by atoms with van der Waals surface area (Å²) in [7, 11) is -1.86. The van der Waals surface area contributed by atoms with Gasteiger partial charge in [0.15, 0.2) is 5.82 Å². The van der Waals surface area contributed by atoms with E-state index in [4.69, 9.17) is 30.4 Å². The Labute approximate surface area is 304 Å². The molecule has 7 rings (SSSR count). The number of pyridine rings is 1. The van der Waals surface area contributed by atoms with E-state index >= 15 is 4.39 Å². The van der Waals surface area contributed by atoms with Crippen LogP contribution in [0.25, 0.3) is 32.9 Å². The summed E-state index contributed by atoms with van der Waals surface area (Å²) in [5, 5.41) is 1.04. The largest absolute Gasteiger partial charge is 0.443 e. The smallest absolute Gasteiger partial charge is 0.434 e. The number of fused-ring (bicyclic) bond motifs is 3. The zero-order valence-corrected chi connectivity index (χ0v) is 30.9. The van der Waals surface area contributed by atoms with Crippen LogP contribution in [0.15, 0.2) is 36.5 Å². The van der Waals surface area contributed by atoms with Crippen molar-refractivity contribution in [2.45, 2.75) is 51.2 Å². The molecule has 0 bridgehead atoms. The van der Waals surface area contributed by atoms with Gasteiger partial charge in [0, 0.05) is 48.1 Å². The number of hydrogen-bond acceptors (Lipinski definition) is 9. The first kappa shape index (κ1) is 36.7. The van der Waals surface area contributed by atoms with Crippen LogP contribution < -0.4 is 4.74 Å². The highest BCUT2D eigenvalue weighted by molar-refractivity contribution is 7.54. The minimum absolute atomic E-state index is 0.0844. The number of carbonyl (C=O) groups is 1. The van der Waals surface area contributed by atoms with Gasteiger partial charge in [0.25, 0.3) is 0 Å². The lowest BCUT2D eigenvalue weighted by Gasteiger charge is -2.30. The van der Waals surface area contributed by atoms with Gasteiger partial charge in [-0.3, -0.25) is 19.2 Å². The lowest BCUT2D eigenvalue weighted by atomic mass is 9.95. The Kier molecular flexibility index (Phi) is 10.3. The third-order valence-electron chi connectivity index (χ3n) is 10.2. The molecule has 0 radical (unpaired) electrons. The number of rotatable bonds is 11. The molecule has 276 valence electrons. The fourth-order valence-corrected chi connectivity index (χ4v) is 9.60. The van der Waals surface area contributed by atoms with Gasteiger partial charge in [-0.05, 0) is 44.7 Å². The van der Waals surface area contributed by atoms with Crippen LogP contribution in [0.1, 0.15) is 39.5 Å². The molecule has 4 aromatic rings. The number of nitrogens with zero attached hydrogens (tertiary/aromatic N) is 6. The average Bonchev–Trinajstić information content (AvgIpc) is 3.84. The minimum Gasteiger partial charge on any atom is -0.443 e. The Hall–Kier alpha value is -3.68. The van der Waals surface area contributed by atoms with Crippen LogP contribution in [0.3, 0.4) is 0 Å². The van der Waals surface area contributed by atoms with Crippen molar-refractivity contribution in [1.82, 2.24) is 24.8 Å². The molecule has 0 unspecified atom stereocenters. The van der Waals surface area contributed by atoms with Crippen molar-refractivity contribution in [3.63, 3.8) is 0 Å². The summed E-state index contributed by atoms with van der Waals surface area (Å²) in [6.45, 7) is 5.42. The number of halogens is 4. The van der Waals surface area contributed by atoms with Crippen LogP contribution in [0.5, 0.6) is 6.01 Å².